The molecule has 0 aliphatic carbocycles. The number of halogens is 1. The van der Waals surface area contributed by atoms with Crippen LogP contribution in [0, 0.1) is 12.7 Å². The highest BCUT2D eigenvalue weighted by Crippen LogP contribution is 2.32. The maximum absolute atomic E-state index is 13.7. The Labute approximate surface area is 183 Å². The number of sulfonamides is 1. The average Bonchev–Trinajstić information content (AvgIpc) is 3.36. The number of phenolic OH excluding ortho intramolecular Hbond substituents is 1. The van der Waals surface area contributed by atoms with E-state index < -0.39 is 15.9 Å². The third kappa shape index (κ3) is 4.57. The van der Waals surface area contributed by atoms with Crippen molar-refractivity contribution in [2.24, 2.45) is 0 Å². The van der Waals surface area contributed by atoms with Crippen LogP contribution in [0.25, 0.3) is 11.4 Å². The third-order valence-electron chi connectivity index (χ3n) is 5.11. The van der Waals surface area contributed by atoms with Crippen LogP contribution < -0.4 is 9.62 Å². The van der Waals surface area contributed by atoms with Gasteiger partial charge in [0.2, 0.25) is 27.6 Å². The molecule has 9 nitrogen and oxygen atoms in total. The topological polar surface area (TPSA) is 126 Å². The Kier molecular flexibility index (Phi) is 5.83. The fourth-order valence-corrected chi connectivity index (χ4v) is 4.90. The molecule has 0 bridgehead atoms. The van der Waals surface area contributed by atoms with Gasteiger partial charge >= 0.3 is 0 Å². The number of benzene rings is 2. The summed E-state index contributed by atoms with van der Waals surface area (Å²) in [7, 11) is -3.38. The minimum atomic E-state index is -3.38. The second-order valence-corrected chi connectivity index (χ2v) is 9.48. The number of aromatic nitrogens is 2. The average molecular weight is 460 g/mol. The van der Waals surface area contributed by atoms with Crippen LogP contribution in [-0.2, 0) is 21.2 Å². The summed E-state index contributed by atoms with van der Waals surface area (Å²) in [5, 5.41) is 16.4. The van der Waals surface area contributed by atoms with Crippen molar-refractivity contribution in [3.63, 3.8) is 0 Å². The fraction of sp³-hybridized carbons (Fsp3) is 0.286. The van der Waals surface area contributed by atoms with Gasteiger partial charge in [-0.3, -0.25) is 9.10 Å². The van der Waals surface area contributed by atoms with Crippen LogP contribution in [-0.4, -0.2) is 41.9 Å². The van der Waals surface area contributed by atoms with E-state index in [-0.39, 0.29) is 47.6 Å². The summed E-state index contributed by atoms with van der Waals surface area (Å²) in [5.74, 6) is -0.495. The molecule has 2 aromatic carbocycles. The number of carbonyl (C=O) groups excluding carboxylic acids is 1. The molecule has 1 amide bonds. The maximum Gasteiger partial charge on any atom is 0.235 e. The molecule has 1 aliphatic rings. The second-order valence-electron chi connectivity index (χ2n) is 7.47. The molecule has 2 heterocycles. The lowest BCUT2D eigenvalue weighted by Gasteiger charge is -2.18. The lowest BCUT2D eigenvalue weighted by atomic mass is 10.1. The Morgan fingerprint density at radius 3 is 2.81 bits per heavy atom. The lowest BCUT2D eigenvalue weighted by Crippen LogP contribution is -2.25. The molecular formula is C21H21FN4O5S. The van der Waals surface area contributed by atoms with E-state index in [4.69, 9.17) is 4.52 Å². The van der Waals surface area contributed by atoms with Crippen molar-refractivity contribution in [3.8, 4) is 17.1 Å². The number of hydrogen-bond donors (Lipinski definition) is 2. The fourth-order valence-electron chi connectivity index (χ4n) is 3.35. The van der Waals surface area contributed by atoms with E-state index >= 15 is 0 Å². The molecule has 1 saturated heterocycles. The van der Waals surface area contributed by atoms with Gasteiger partial charge in [0, 0.05) is 24.9 Å². The van der Waals surface area contributed by atoms with E-state index in [1.165, 1.54) is 28.6 Å². The van der Waals surface area contributed by atoms with Gasteiger partial charge in [-0.15, -0.1) is 0 Å². The van der Waals surface area contributed by atoms with E-state index in [9.17, 15) is 22.7 Å². The minimum Gasteiger partial charge on any atom is -0.506 e. The Bertz CT molecular complexity index is 1270. The van der Waals surface area contributed by atoms with Gasteiger partial charge in [0.1, 0.15) is 11.6 Å². The molecule has 11 heteroatoms. The maximum atomic E-state index is 13.7. The highest BCUT2D eigenvalue weighted by molar-refractivity contribution is 7.93. The Morgan fingerprint density at radius 1 is 1.28 bits per heavy atom. The number of aromatic hydroxyl groups is 1. The molecule has 0 radical (unpaired) electrons. The van der Waals surface area contributed by atoms with Gasteiger partial charge in [-0.05, 0) is 43.2 Å². The van der Waals surface area contributed by atoms with Crippen LogP contribution in [0.3, 0.4) is 0 Å². The van der Waals surface area contributed by atoms with Crippen molar-refractivity contribution >= 4 is 27.3 Å². The van der Waals surface area contributed by atoms with Crippen LogP contribution in [0.2, 0.25) is 0 Å². The first-order valence-electron chi connectivity index (χ1n) is 9.95. The molecule has 1 aromatic heterocycles. The van der Waals surface area contributed by atoms with E-state index in [0.29, 0.717) is 29.8 Å². The number of hydrogen-bond acceptors (Lipinski definition) is 7. The van der Waals surface area contributed by atoms with Gasteiger partial charge in [0.15, 0.2) is 0 Å². The highest BCUT2D eigenvalue weighted by Gasteiger charge is 2.29. The quantitative estimate of drug-likeness (QED) is 0.542. The molecule has 0 saturated carbocycles. The smallest absolute Gasteiger partial charge is 0.235 e. The largest absolute Gasteiger partial charge is 0.506 e. The van der Waals surface area contributed by atoms with Gasteiger partial charge < -0.3 is 14.9 Å². The molecule has 4 rings (SSSR count). The molecule has 1 fully saturated rings. The monoisotopic (exact) mass is 460 g/mol. The van der Waals surface area contributed by atoms with Gasteiger partial charge in [0.05, 0.1) is 17.1 Å². The highest BCUT2D eigenvalue weighted by atomic mass is 32.2. The van der Waals surface area contributed by atoms with Crippen LogP contribution in [0.4, 0.5) is 15.8 Å². The third-order valence-corrected chi connectivity index (χ3v) is 6.98. The van der Waals surface area contributed by atoms with E-state index in [1.54, 1.807) is 19.1 Å². The summed E-state index contributed by atoms with van der Waals surface area (Å²) in [5.41, 5.74) is 1.45. The van der Waals surface area contributed by atoms with E-state index in [2.05, 4.69) is 15.5 Å². The van der Waals surface area contributed by atoms with Crippen molar-refractivity contribution in [2.75, 3.05) is 21.9 Å². The molecule has 1 aliphatic heterocycles. The van der Waals surface area contributed by atoms with Gasteiger partial charge in [0.25, 0.3) is 0 Å². The van der Waals surface area contributed by atoms with Crippen molar-refractivity contribution in [3.05, 3.63) is 53.7 Å². The Hall–Kier alpha value is -3.47. The van der Waals surface area contributed by atoms with Gasteiger partial charge in [-0.25, -0.2) is 12.8 Å². The molecule has 0 unspecified atom stereocenters. The Morgan fingerprint density at radius 2 is 2.09 bits per heavy atom. The molecule has 168 valence electrons. The predicted molar refractivity (Wildman–Crippen MR) is 115 cm³/mol. The summed E-state index contributed by atoms with van der Waals surface area (Å²) >= 11 is 0. The molecular weight excluding hydrogens is 439 g/mol. The van der Waals surface area contributed by atoms with E-state index in [0.717, 1.165) is 0 Å². The number of rotatable bonds is 6. The SMILES string of the molecule is Cc1ccc(-c2noc(CCC(=O)Nc3cc(N4CCCS4(=O)=O)ccc3O)n2)cc1F. The summed E-state index contributed by atoms with van der Waals surface area (Å²) in [4.78, 5) is 16.5. The molecule has 2 N–H and O–H groups in total. The number of nitrogens with one attached hydrogen (secondary N) is 1. The minimum absolute atomic E-state index is 0.0183. The van der Waals surface area contributed by atoms with Gasteiger partial charge in [-0.1, -0.05) is 17.3 Å². The molecule has 0 atom stereocenters. The summed E-state index contributed by atoms with van der Waals surface area (Å²) < 4.78 is 44.4. The number of nitrogens with zero attached hydrogens (tertiary/aromatic N) is 3. The second kappa shape index (κ2) is 8.58. The van der Waals surface area contributed by atoms with Crippen molar-refractivity contribution < 1.29 is 27.2 Å². The number of anilines is 2. The summed E-state index contributed by atoms with van der Waals surface area (Å²) in [6, 6.07) is 8.85. The van der Waals surface area contributed by atoms with Crippen molar-refractivity contribution in [1.82, 2.24) is 10.1 Å². The van der Waals surface area contributed by atoms with Crippen molar-refractivity contribution in [1.29, 1.82) is 0 Å². The number of amides is 1. The molecule has 0 spiro atoms. The standard InChI is InChI=1S/C21H21FN4O5S/c1-13-3-4-14(11-16(13)22)21-24-20(31-25-21)8-7-19(28)23-17-12-15(5-6-18(17)27)26-9-2-10-32(26,29)30/h3-6,11-12,27H,2,7-10H2,1H3,(H,23,28). The van der Waals surface area contributed by atoms with Gasteiger partial charge in [-0.2, -0.15) is 4.98 Å². The van der Waals surface area contributed by atoms with Crippen LogP contribution >= 0.6 is 0 Å². The zero-order chi connectivity index (χ0) is 22.9. The first-order chi connectivity index (χ1) is 15.2. The van der Waals surface area contributed by atoms with Crippen LogP contribution in [0.1, 0.15) is 24.3 Å². The number of aryl methyl sites for hydroxylation is 2. The zero-order valence-electron chi connectivity index (χ0n) is 17.2. The number of carbonyl (C=O) groups is 1. The summed E-state index contributed by atoms with van der Waals surface area (Å²) in [6.07, 6.45) is 0.635. The van der Waals surface area contributed by atoms with Crippen LogP contribution in [0.15, 0.2) is 40.9 Å². The number of phenols is 1. The first-order valence-corrected chi connectivity index (χ1v) is 11.6. The normalized spacial score (nSPS) is 15.1. The Balaban J connectivity index is 1.40. The van der Waals surface area contributed by atoms with E-state index in [1.807, 2.05) is 0 Å². The van der Waals surface area contributed by atoms with Crippen molar-refractivity contribution in [2.45, 2.75) is 26.2 Å². The first kappa shape index (κ1) is 21.8. The summed E-state index contributed by atoms with van der Waals surface area (Å²) in [6.45, 7) is 2.00. The van der Waals surface area contributed by atoms with Crippen LogP contribution in [0.5, 0.6) is 5.75 Å². The predicted octanol–water partition coefficient (Wildman–Crippen LogP) is 3.00. The zero-order valence-corrected chi connectivity index (χ0v) is 18.0. The molecule has 3 aromatic rings. The lowest BCUT2D eigenvalue weighted by molar-refractivity contribution is -0.116. The molecule has 32 heavy (non-hydrogen) atoms.